The summed E-state index contributed by atoms with van der Waals surface area (Å²) in [5, 5.41) is 10.7. The predicted molar refractivity (Wildman–Crippen MR) is 95.6 cm³/mol. The molecule has 0 saturated carbocycles. The molecular formula is C18H15FN2O5S. The molecule has 1 saturated heterocycles. The van der Waals surface area contributed by atoms with Crippen LogP contribution in [0, 0.1) is 16.0 Å². The second-order valence-electron chi connectivity index (χ2n) is 6.09. The van der Waals surface area contributed by atoms with Gasteiger partial charge in [-0.2, -0.15) is 0 Å². The number of nitro groups is 1. The molecule has 0 bridgehead atoms. The second kappa shape index (κ2) is 6.92. The molecule has 0 aliphatic carbocycles. The highest BCUT2D eigenvalue weighted by Gasteiger charge is 2.42. The van der Waals surface area contributed by atoms with Gasteiger partial charge in [0, 0.05) is 30.2 Å². The molecule has 3 rings (SSSR count). The highest BCUT2D eigenvalue weighted by Crippen LogP contribution is 2.35. The summed E-state index contributed by atoms with van der Waals surface area (Å²) in [6, 6.07) is 12.1. The zero-order chi connectivity index (χ0) is 19.8. The van der Waals surface area contributed by atoms with Crippen LogP contribution in [0.15, 0.2) is 65.1 Å². The minimum atomic E-state index is -4.25. The first-order valence-corrected chi connectivity index (χ1v) is 9.44. The van der Waals surface area contributed by atoms with Gasteiger partial charge in [-0.25, -0.2) is 17.1 Å². The summed E-state index contributed by atoms with van der Waals surface area (Å²) >= 11 is 0. The van der Waals surface area contributed by atoms with Crippen molar-refractivity contribution in [2.45, 2.75) is 11.8 Å². The van der Waals surface area contributed by atoms with Crippen molar-refractivity contribution in [3.8, 4) is 0 Å². The largest absolute Gasteiger partial charge is 0.269 e. The van der Waals surface area contributed by atoms with Crippen molar-refractivity contribution in [1.29, 1.82) is 0 Å². The lowest BCUT2D eigenvalue weighted by Gasteiger charge is -2.16. The van der Waals surface area contributed by atoms with E-state index in [-0.39, 0.29) is 28.3 Å². The maximum Gasteiger partial charge on any atom is 0.269 e. The monoisotopic (exact) mass is 390 g/mol. The molecule has 7 nitrogen and oxygen atoms in total. The third-order valence-electron chi connectivity index (χ3n) is 4.29. The number of nitrogens with zero attached hydrogens (tertiary/aromatic N) is 2. The number of halogens is 1. The van der Waals surface area contributed by atoms with Crippen molar-refractivity contribution in [3.05, 3.63) is 75.8 Å². The standard InChI is InChI=1S/C18H15FN2O5S/c1-12-11-20(18(22)16(12)17(19)13-5-3-2-4-6-13)27(25,26)15-9-7-14(8-10-15)21(23)24/h2-10,12H,11H2,1H3/b17-16+. The number of benzene rings is 2. The van der Waals surface area contributed by atoms with E-state index >= 15 is 0 Å². The minimum Gasteiger partial charge on any atom is -0.268 e. The summed E-state index contributed by atoms with van der Waals surface area (Å²) in [6.07, 6.45) is 0. The number of nitro benzene ring substituents is 1. The molecular weight excluding hydrogens is 375 g/mol. The van der Waals surface area contributed by atoms with Crippen molar-refractivity contribution >= 4 is 27.4 Å². The molecule has 0 spiro atoms. The van der Waals surface area contributed by atoms with E-state index in [4.69, 9.17) is 0 Å². The van der Waals surface area contributed by atoms with Crippen LogP contribution in [0.2, 0.25) is 0 Å². The minimum absolute atomic E-state index is 0.197. The lowest BCUT2D eigenvalue weighted by molar-refractivity contribution is -0.384. The van der Waals surface area contributed by atoms with Crippen molar-refractivity contribution in [3.63, 3.8) is 0 Å². The molecule has 1 amide bonds. The number of hydrogen-bond donors (Lipinski definition) is 0. The third-order valence-corrected chi connectivity index (χ3v) is 6.05. The Labute approximate surface area is 154 Å². The van der Waals surface area contributed by atoms with Crippen LogP contribution in [0.3, 0.4) is 0 Å². The van der Waals surface area contributed by atoms with Crippen LogP contribution in [0.1, 0.15) is 12.5 Å². The molecule has 1 heterocycles. The fourth-order valence-electron chi connectivity index (χ4n) is 2.89. The summed E-state index contributed by atoms with van der Waals surface area (Å²) < 4.78 is 40.9. The Morgan fingerprint density at radius 2 is 1.74 bits per heavy atom. The molecule has 140 valence electrons. The Morgan fingerprint density at radius 1 is 1.15 bits per heavy atom. The van der Waals surface area contributed by atoms with E-state index in [1.165, 1.54) is 12.1 Å². The lowest BCUT2D eigenvalue weighted by atomic mass is 10.0. The van der Waals surface area contributed by atoms with Gasteiger partial charge in [-0.3, -0.25) is 14.9 Å². The van der Waals surface area contributed by atoms with E-state index in [9.17, 15) is 27.7 Å². The Bertz CT molecular complexity index is 1030. The van der Waals surface area contributed by atoms with Crippen LogP contribution in [0.4, 0.5) is 10.1 Å². The van der Waals surface area contributed by atoms with Gasteiger partial charge >= 0.3 is 0 Å². The third kappa shape index (κ3) is 3.33. The predicted octanol–water partition coefficient (Wildman–Crippen LogP) is 3.14. The van der Waals surface area contributed by atoms with Gasteiger partial charge < -0.3 is 0 Å². The van der Waals surface area contributed by atoms with E-state index in [1.807, 2.05) is 0 Å². The first-order chi connectivity index (χ1) is 12.7. The van der Waals surface area contributed by atoms with Gasteiger partial charge in [-0.1, -0.05) is 37.3 Å². The molecule has 9 heteroatoms. The van der Waals surface area contributed by atoms with Crippen LogP contribution in [-0.4, -0.2) is 30.1 Å². The van der Waals surface area contributed by atoms with Gasteiger partial charge in [0.15, 0.2) is 0 Å². The second-order valence-corrected chi connectivity index (χ2v) is 7.95. The van der Waals surface area contributed by atoms with Crippen LogP contribution in [-0.2, 0) is 14.8 Å². The number of non-ortho nitro benzene ring substituents is 1. The van der Waals surface area contributed by atoms with Crippen LogP contribution >= 0.6 is 0 Å². The Balaban J connectivity index is 1.99. The topological polar surface area (TPSA) is 97.6 Å². The van der Waals surface area contributed by atoms with Crippen molar-refractivity contribution in [1.82, 2.24) is 4.31 Å². The summed E-state index contributed by atoms with van der Waals surface area (Å²) in [7, 11) is -4.25. The van der Waals surface area contributed by atoms with E-state index in [2.05, 4.69) is 0 Å². The maximum absolute atomic E-state index is 14.8. The summed E-state index contributed by atoms with van der Waals surface area (Å²) in [5.41, 5.74) is -0.278. The molecule has 1 unspecified atom stereocenters. The maximum atomic E-state index is 14.8. The van der Waals surface area contributed by atoms with Gasteiger partial charge in [-0.05, 0) is 12.1 Å². The van der Waals surface area contributed by atoms with Gasteiger partial charge in [-0.15, -0.1) is 0 Å². The van der Waals surface area contributed by atoms with Gasteiger partial charge in [0.05, 0.1) is 15.4 Å². The average molecular weight is 390 g/mol. The fraction of sp³-hybridized carbons (Fsp3) is 0.167. The quantitative estimate of drug-likeness (QED) is 0.454. The number of sulfonamides is 1. The van der Waals surface area contributed by atoms with E-state index in [0.717, 1.165) is 24.3 Å². The molecule has 27 heavy (non-hydrogen) atoms. The average Bonchev–Trinajstić information content (AvgIpc) is 2.97. The molecule has 0 radical (unpaired) electrons. The van der Waals surface area contributed by atoms with Gasteiger partial charge in [0.2, 0.25) is 0 Å². The molecule has 1 aliphatic rings. The molecule has 2 aromatic carbocycles. The molecule has 1 atom stereocenters. The SMILES string of the molecule is CC1CN(S(=O)(=O)c2ccc([N+](=O)[O-])cc2)C(=O)/C1=C(/F)c1ccccc1. The lowest BCUT2D eigenvalue weighted by Crippen LogP contribution is -2.32. The van der Waals surface area contributed by atoms with E-state index < -0.39 is 32.6 Å². The first-order valence-electron chi connectivity index (χ1n) is 8.00. The molecule has 2 aromatic rings. The normalized spacial score (nSPS) is 19.3. The number of hydrogen-bond acceptors (Lipinski definition) is 5. The summed E-state index contributed by atoms with van der Waals surface area (Å²) in [5.74, 6) is -2.32. The zero-order valence-electron chi connectivity index (χ0n) is 14.2. The fourth-order valence-corrected chi connectivity index (χ4v) is 4.36. The molecule has 0 N–H and O–H groups in total. The molecule has 1 aliphatic heterocycles. The highest BCUT2D eigenvalue weighted by atomic mass is 32.2. The number of amides is 1. The van der Waals surface area contributed by atoms with Crippen LogP contribution < -0.4 is 0 Å². The number of rotatable bonds is 4. The van der Waals surface area contributed by atoms with Crippen molar-refractivity contribution in [2.75, 3.05) is 6.54 Å². The Kier molecular flexibility index (Phi) is 4.79. The Hall–Kier alpha value is -3.07. The molecule has 0 aromatic heterocycles. The van der Waals surface area contributed by atoms with Gasteiger partial charge in [0.1, 0.15) is 5.83 Å². The number of carbonyl (C=O) groups is 1. The first kappa shape index (κ1) is 18.7. The van der Waals surface area contributed by atoms with E-state index in [0.29, 0.717) is 4.31 Å². The molecule has 1 fully saturated rings. The smallest absolute Gasteiger partial charge is 0.268 e. The highest BCUT2D eigenvalue weighted by molar-refractivity contribution is 7.89. The summed E-state index contributed by atoms with van der Waals surface area (Å²) in [6.45, 7) is 1.37. The van der Waals surface area contributed by atoms with Crippen LogP contribution in [0.5, 0.6) is 0 Å². The van der Waals surface area contributed by atoms with Gasteiger partial charge in [0.25, 0.3) is 21.6 Å². The van der Waals surface area contributed by atoms with Crippen molar-refractivity contribution in [2.24, 2.45) is 5.92 Å². The Morgan fingerprint density at radius 3 is 2.30 bits per heavy atom. The van der Waals surface area contributed by atoms with E-state index in [1.54, 1.807) is 25.1 Å². The number of carbonyl (C=O) groups excluding carboxylic acids is 1. The van der Waals surface area contributed by atoms with Crippen LogP contribution in [0.25, 0.3) is 5.83 Å². The zero-order valence-corrected chi connectivity index (χ0v) is 15.0. The summed E-state index contributed by atoms with van der Waals surface area (Å²) in [4.78, 5) is 22.5. The van der Waals surface area contributed by atoms with Crippen molar-refractivity contribution < 1.29 is 22.5 Å².